The van der Waals surface area contributed by atoms with Crippen LogP contribution in [-0.4, -0.2) is 10.1 Å². The van der Waals surface area contributed by atoms with E-state index in [2.05, 4.69) is 10.1 Å². The molecule has 0 atom stereocenters. The van der Waals surface area contributed by atoms with Gasteiger partial charge in [0.2, 0.25) is 0 Å². The van der Waals surface area contributed by atoms with E-state index in [4.69, 9.17) is 9.26 Å². The molecule has 1 aromatic carbocycles. The van der Waals surface area contributed by atoms with E-state index in [0.29, 0.717) is 6.61 Å². The molecule has 90 valence electrons. The maximum atomic E-state index is 5.73. The van der Waals surface area contributed by atoms with Crippen molar-refractivity contribution in [1.29, 1.82) is 0 Å². The molecule has 0 fully saturated rings. The molecule has 0 radical (unpaired) electrons. The molecular formula is C14H12N2O2. The van der Waals surface area contributed by atoms with Gasteiger partial charge in [0.05, 0.1) is 0 Å². The predicted octanol–water partition coefficient (Wildman–Crippen LogP) is 3.11. The van der Waals surface area contributed by atoms with E-state index in [1.165, 1.54) is 0 Å². The molecule has 0 bridgehead atoms. The minimum absolute atomic E-state index is 0.382. The number of benzene rings is 1. The molecule has 2 heterocycles. The van der Waals surface area contributed by atoms with E-state index in [1.54, 1.807) is 6.20 Å². The Balaban J connectivity index is 1.86. The van der Waals surface area contributed by atoms with Gasteiger partial charge in [-0.2, -0.15) is 0 Å². The second-order valence-corrected chi connectivity index (χ2v) is 4.05. The van der Waals surface area contributed by atoms with E-state index in [-0.39, 0.29) is 0 Å². The Morgan fingerprint density at radius 1 is 1.22 bits per heavy atom. The van der Waals surface area contributed by atoms with Crippen molar-refractivity contribution < 1.29 is 9.26 Å². The predicted molar refractivity (Wildman–Crippen MR) is 67.3 cm³/mol. The number of fused-ring (bicyclic) bond motifs is 1. The van der Waals surface area contributed by atoms with Crippen molar-refractivity contribution in [2.45, 2.75) is 13.5 Å². The molecule has 0 aliphatic rings. The lowest BCUT2D eigenvalue weighted by Gasteiger charge is -2.06. The highest BCUT2D eigenvalue weighted by Crippen LogP contribution is 2.23. The van der Waals surface area contributed by atoms with E-state index in [1.807, 2.05) is 43.3 Å². The highest BCUT2D eigenvalue weighted by molar-refractivity contribution is 5.84. The summed E-state index contributed by atoms with van der Waals surface area (Å²) < 4.78 is 10.7. The third kappa shape index (κ3) is 2.05. The number of nitrogens with zero attached hydrogens (tertiary/aromatic N) is 2. The number of hydrogen-bond acceptors (Lipinski definition) is 4. The lowest BCUT2D eigenvalue weighted by atomic mass is 10.2. The van der Waals surface area contributed by atoms with Crippen molar-refractivity contribution in [3.05, 3.63) is 54.0 Å². The average molecular weight is 240 g/mol. The van der Waals surface area contributed by atoms with Gasteiger partial charge in [0.25, 0.3) is 0 Å². The van der Waals surface area contributed by atoms with Crippen LogP contribution in [0.4, 0.5) is 0 Å². The number of rotatable bonds is 3. The lowest BCUT2D eigenvalue weighted by molar-refractivity contribution is 0.290. The van der Waals surface area contributed by atoms with Crippen molar-refractivity contribution in [3.8, 4) is 5.75 Å². The molecule has 0 saturated heterocycles. The molecule has 3 aromatic rings. The Morgan fingerprint density at radius 2 is 2.11 bits per heavy atom. The molecule has 0 aliphatic heterocycles. The summed E-state index contributed by atoms with van der Waals surface area (Å²) in [5.74, 6) is 1.54. The summed E-state index contributed by atoms with van der Waals surface area (Å²) in [6.45, 7) is 2.24. The number of ether oxygens (including phenoxy) is 1. The maximum Gasteiger partial charge on any atom is 0.146 e. The van der Waals surface area contributed by atoms with Crippen LogP contribution in [0.3, 0.4) is 0 Å². The summed E-state index contributed by atoms with van der Waals surface area (Å²) in [5, 5.41) is 4.95. The van der Waals surface area contributed by atoms with Gasteiger partial charge in [-0.3, -0.25) is 4.98 Å². The third-order valence-electron chi connectivity index (χ3n) is 2.65. The summed E-state index contributed by atoms with van der Waals surface area (Å²) in [4.78, 5) is 4.33. The zero-order chi connectivity index (χ0) is 12.4. The Hall–Kier alpha value is -2.36. The van der Waals surface area contributed by atoms with Crippen LogP contribution in [0.15, 0.2) is 47.1 Å². The van der Waals surface area contributed by atoms with Crippen LogP contribution in [0.25, 0.3) is 10.9 Å². The molecule has 0 spiro atoms. The Kier molecular flexibility index (Phi) is 2.68. The van der Waals surface area contributed by atoms with Crippen LogP contribution in [0.2, 0.25) is 0 Å². The Labute approximate surface area is 104 Å². The van der Waals surface area contributed by atoms with Gasteiger partial charge in [0.1, 0.15) is 29.3 Å². The zero-order valence-corrected chi connectivity index (χ0v) is 9.96. The van der Waals surface area contributed by atoms with E-state index >= 15 is 0 Å². The van der Waals surface area contributed by atoms with Gasteiger partial charge < -0.3 is 9.26 Å². The molecule has 0 N–H and O–H groups in total. The smallest absolute Gasteiger partial charge is 0.146 e. The van der Waals surface area contributed by atoms with Gasteiger partial charge >= 0.3 is 0 Å². The van der Waals surface area contributed by atoms with Crippen molar-refractivity contribution in [2.24, 2.45) is 0 Å². The normalized spacial score (nSPS) is 10.7. The quantitative estimate of drug-likeness (QED) is 0.705. The van der Waals surface area contributed by atoms with Gasteiger partial charge in [0.15, 0.2) is 0 Å². The first-order valence-electron chi connectivity index (χ1n) is 5.72. The maximum absolute atomic E-state index is 5.73. The number of hydrogen-bond donors (Lipinski definition) is 0. The monoisotopic (exact) mass is 240 g/mol. The average Bonchev–Trinajstić information content (AvgIpc) is 2.82. The first-order valence-corrected chi connectivity index (χ1v) is 5.72. The second-order valence-electron chi connectivity index (χ2n) is 4.05. The number of pyridine rings is 1. The van der Waals surface area contributed by atoms with Crippen LogP contribution in [0, 0.1) is 6.92 Å². The minimum Gasteiger partial charge on any atom is -0.485 e. The van der Waals surface area contributed by atoms with E-state index < -0.39 is 0 Å². The van der Waals surface area contributed by atoms with Crippen LogP contribution in [0.1, 0.15) is 11.5 Å². The SMILES string of the molecule is Cc1cc(COc2cccc3cccnc23)no1. The van der Waals surface area contributed by atoms with Gasteiger partial charge in [0, 0.05) is 17.6 Å². The molecular weight excluding hydrogens is 228 g/mol. The molecule has 0 amide bonds. The Bertz CT molecular complexity index is 671. The fraction of sp³-hybridized carbons (Fsp3) is 0.143. The second kappa shape index (κ2) is 4.49. The minimum atomic E-state index is 0.382. The first-order chi connectivity index (χ1) is 8.83. The van der Waals surface area contributed by atoms with Crippen LogP contribution in [-0.2, 0) is 6.61 Å². The van der Waals surface area contributed by atoms with Crippen molar-refractivity contribution in [2.75, 3.05) is 0 Å². The summed E-state index contributed by atoms with van der Waals surface area (Å²) >= 11 is 0. The topological polar surface area (TPSA) is 48.2 Å². The standard InChI is InChI=1S/C14H12N2O2/c1-10-8-12(16-18-10)9-17-13-6-2-4-11-5-3-7-15-14(11)13/h2-8H,9H2,1H3. The molecule has 3 rings (SSSR count). The molecule has 4 nitrogen and oxygen atoms in total. The highest BCUT2D eigenvalue weighted by atomic mass is 16.5. The van der Waals surface area contributed by atoms with Gasteiger partial charge in [-0.15, -0.1) is 0 Å². The fourth-order valence-electron chi connectivity index (χ4n) is 1.83. The summed E-state index contributed by atoms with van der Waals surface area (Å²) in [6.07, 6.45) is 1.76. The zero-order valence-electron chi connectivity index (χ0n) is 9.96. The molecule has 4 heteroatoms. The van der Waals surface area contributed by atoms with Crippen molar-refractivity contribution in [1.82, 2.24) is 10.1 Å². The summed E-state index contributed by atoms with van der Waals surface area (Å²) in [5.41, 5.74) is 1.64. The van der Waals surface area contributed by atoms with Gasteiger partial charge in [-0.1, -0.05) is 23.4 Å². The van der Waals surface area contributed by atoms with Crippen LogP contribution in [0.5, 0.6) is 5.75 Å². The molecule has 2 aromatic heterocycles. The molecule has 0 unspecified atom stereocenters. The fourth-order valence-corrected chi connectivity index (χ4v) is 1.83. The molecule has 0 aliphatic carbocycles. The molecule has 0 saturated carbocycles. The van der Waals surface area contributed by atoms with E-state index in [0.717, 1.165) is 28.1 Å². The van der Waals surface area contributed by atoms with Crippen LogP contribution >= 0.6 is 0 Å². The number of aromatic nitrogens is 2. The van der Waals surface area contributed by atoms with Crippen molar-refractivity contribution in [3.63, 3.8) is 0 Å². The number of aryl methyl sites for hydroxylation is 1. The molecule has 18 heavy (non-hydrogen) atoms. The van der Waals surface area contributed by atoms with Gasteiger partial charge in [-0.05, 0) is 19.1 Å². The van der Waals surface area contributed by atoms with Crippen molar-refractivity contribution >= 4 is 10.9 Å². The highest BCUT2D eigenvalue weighted by Gasteiger charge is 2.05. The Morgan fingerprint density at radius 3 is 2.94 bits per heavy atom. The summed E-state index contributed by atoms with van der Waals surface area (Å²) in [6, 6.07) is 11.6. The third-order valence-corrected chi connectivity index (χ3v) is 2.65. The lowest BCUT2D eigenvalue weighted by Crippen LogP contribution is -1.96. The van der Waals surface area contributed by atoms with E-state index in [9.17, 15) is 0 Å². The van der Waals surface area contributed by atoms with Gasteiger partial charge in [-0.25, -0.2) is 0 Å². The first kappa shape index (κ1) is 10.8. The summed E-state index contributed by atoms with van der Waals surface area (Å²) in [7, 11) is 0. The largest absolute Gasteiger partial charge is 0.485 e. The van der Waals surface area contributed by atoms with Crippen LogP contribution < -0.4 is 4.74 Å². The number of para-hydroxylation sites is 1.